The number of hydrogen-bond donors (Lipinski definition) is 0. The number of allylic oxidation sites excluding steroid dienone is 4. The quantitative estimate of drug-likeness (QED) is 0.288. The van der Waals surface area contributed by atoms with Gasteiger partial charge in [-0.15, -0.1) is 0 Å². The van der Waals surface area contributed by atoms with Crippen molar-refractivity contribution in [2.24, 2.45) is 5.41 Å². The van der Waals surface area contributed by atoms with Gasteiger partial charge in [-0.2, -0.15) is 0 Å². The average Bonchev–Trinajstić information content (AvgIpc) is 3.00. The van der Waals surface area contributed by atoms with Gasteiger partial charge in [-0.05, 0) is 18.6 Å². The van der Waals surface area contributed by atoms with Crippen molar-refractivity contribution in [2.45, 2.75) is 19.8 Å². The molecule has 1 aliphatic rings. The SMILES string of the molecule is C=CC(=O)OCC(CC)(COC(=O)C=C)COC(=O)CCN1C=CC=CC=C1. The highest BCUT2D eigenvalue weighted by Crippen LogP contribution is 2.24. The van der Waals surface area contributed by atoms with Crippen LogP contribution in [0.25, 0.3) is 0 Å². The zero-order chi connectivity index (χ0) is 20.8. The van der Waals surface area contributed by atoms with Crippen LogP contribution in [0.2, 0.25) is 0 Å². The Morgan fingerprint density at radius 3 is 1.86 bits per heavy atom. The standard InChI is InChI=1S/C21H27NO6/c1-4-18(23)26-15-21(6-3,16-27-19(24)5-2)17-28-20(25)11-14-22-12-9-7-8-10-13-22/h4-5,7-10,12-13H,1-2,6,11,14-17H2,3H3. The summed E-state index contributed by atoms with van der Waals surface area (Å²) in [6.07, 6.45) is 13.9. The van der Waals surface area contributed by atoms with Crippen molar-refractivity contribution in [2.75, 3.05) is 26.4 Å². The summed E-state index contributed by atoms with van der Waals surface area (Å²) in [6, 6.07) is 0. The van der Waals surface area contributed by atoms with E-state index < -0.39 is 23.3 Å². The second-order valence-corrected chi connectivity index (χ2v) is 6.19. The summed E-state index contributed by atoms with van der Waals surface area (Å²) in [5.74, 6) is -1.61. The van der Waals surface area contributed by atoms with Crippen LogP contribution >= 0.6 is 0 Å². The Kier molecular flexibility index (Phi) is 10.1. The molecule has 0 saturated carbocycles. The second kappa shape index (κ2) is 12.3. The Morgan fingerprint density at radius 1 is 0.893 bits per heavy atom. The fraction of sp³-hybridized carbons (Fsp3) is 0.381. The summed E-state index contributed by atoms with van der Waals surface area (Å²) < 4.78 is 15.6. The van der Waals surface area contributed by atoms with E-state index in [4.69, 9.17) is 14.2 Å². The highest BCUT2D eigenvalue weighted by atomic mass is 16.6. The normalized spacial score (nSPS) is 12.8. The Morgan fingerprint density at radius 2 is 1.39 bits per heavy atom. The third-order valence-electron chi connectivity index (χ3n) is 4.13. The van der Waals surface area contributed by atoms with E-state index in [2.05, 4.69) is 13.2 Å². The van der Waals surface area contributed by atoms with Crippen LogP contribution in [0.3, 0.4) is 0 Å². The molecule has 0 aliphatic carbocycles. The first-order valence-corrected chi connectivity index (χ1v) is 8.96. The van der Waals surface area contributed by atoms with Crippen molar-refractivity contribution in [1.82, 2.24) is 4.90 Å². The van der Waals surface area contributed by atoms with E-state index in [-0.39, 0.29) is 26.2 Å². The first-order chi connectivity index (χ1) is 13.4. The molecule has 1 heterocycles. The van der Waals surface area contributed by atoms with Crippen LogP contribution in [0.4, 0.5) is 0 Å². The molecule has 0 amide bonds. The lowest BCUT2D eigenvalue weighted by Crippen LogP contribution is -2.39. The highest BCUT2D eigenvalue weighted by molar-refractivity contribution is 5.81. The lowest BCUT2D eigenvalue weighted by atomic mass is 9.88. The minimum atomic E-state index is -0.848. The van der Waals surface area contributed by atoms with Crippen molar-refractivity contribution in [3.05, 3.63) is 62.0 Å². The lowest BCUT2D eigenvalue weighted by Gasteiger charge is -2.30. The van der Waals surface area contributed by atoms with Crippen LogP contribution < -0.4 is 0 Å². The molecule has 0 aromatic heterocycles. The van der Waals surface area contributed by atoms with Gasteiger partial charge in [0.1, 0.15) is 19.8 Å². The van der Waals surface area contributed by atoms with Gasteiger partial charge in [-0.25, -0.2) is 9.59 Å². The van der Waals surface area contributed by atoms with E-state index in [9.17, 15) is 14.4 Å². The molecule has 0 fully saturated rings. The smallest absolute Gasteiger partial charge is 0.330 e. The molecule has 0 aromatic rings. The third kappa shape index (κ3) is 8.53. The first kappa shape index (κ1) is 23.0. The summed E-state index contributed by atoms with van der Waals surface area (Å²) >= 11 is 0. The number of esters is 3. The summed E-state index contributed by atoms with van der Waals surface area (Å²) in [7, 11) is 0. The Hall–Kier alpha value is -3.09. The van der Waals surface area contributed by atoms with Gasteiger partial charge in [0.05, 0.1) is 11.8 Å². The van der Waals surface area contributed by atoms with Gasteiger partial charge in [0, 0.05) is 31.1 Å². The maximum atomic E-state index is 12.2. The molecule has 0 spiro atoms. The molecule has 0 bridgehead atoms. The molecule has 0 unspecified atom stereocenters. The molecule has 0 saturated heterocycles. The van der Waals surface area contributed by atoms with Gasteiger partial charge in [0.2, 0.25) is 0 Å². The van der Waals surface area contributed by atoms with Gasteiger partial charge < -0.3 is 19.1 Å². The fourth-order valence-electron chi connectivity index (χ4n) is 2.17. The van der Waals surface area contributed by atoms with Crippen molar-refractivity contribution in [3.8, 4) is 0 Å². The highest BCUT2D eigenvalue weighted by Gasteiger charge is 2.33. The molecule has 152 valence electrons. The average molecular weight is 389 g/mol. The summed E-state index contributed by atoms with van der Waals surface area (Å²) in [5.41, 5.74) is -0.848. The van der Waals surface area contributed by atoms with Crippen molar-refractivity contribution in [1.29, 1.82) is 0 Å². The van der Waals surface area contributed by atoms with Gasteiger partial charge in [0.25, 0.3) is 0 Å². The van der Waals surface area contributed by atoms with Crippen LogP contribution in [0.5, 0.6) is 0 Å². The number of ether oxygens (including phenoxy) is 3. The predicted octanol–water partition coefficient (Wildman–Crippen LogP) is 2.67. The molecule has 0 N–H and O–H groups in total. The molecule has 7 heteroatoms. The van der Waals surface area contributed by atoms with Crippen molar-refractivity contribution >= 4 is 17.9 Å². The van der Waals surface area contributed by atoms with Crippen LogP contribution in [-0.2, 0) is 28.6 Å². The van der Waals surface area contributed by atoms with E-state index in [1.165, 1.54) is 0 Å². The van der Waals surface area contributed by atoms with Crippen LogP contribution in [0.15, 0.2) is 62.0 Å². The topological polar surface area (TPSA) is 82.1 Å². The van der Waals surface area contributed by atoms with Gasteiger partial charge in [-0.3, -0.25) is 4.79 Å². The largest absolute Gasteiger partial charge is 0.465 e. The zero-order valence-electron chi connectivity index (χ0n) is 16.2. The molecule has 0 aromatic carbocycles. The maximum absolute atomic E-state index is 12.2. The maximum Gasteiger partial charge on any atom is 0.330 e. The minimum absolute atomic E-state index is 0.0512. The molecule has 0 radical (unpaired) electrons. The fourth-order valence-corrected chi connectivity index (χ4v) is 2.17. The van der Waals surface area contributed by atoms with E-state index in [0.29, 0.717) is 13.0 Å². The minimum Gasteiger partial charge on any atom is -0.465 e. The number of rotatable bonds is 12. The third-order valence-corrected chi connectivity index (χ3v) is 4.13. The number of carbonyl (C=O) groups excluding carboxylic acids is 3. The van der Waals surface area contributed by atoms with Crippen molar-refractivity contribution in [3.63, 3.8) is 0 Å². The monoisotopic (exact) mass is 389 g/mol. The summed E-state index contributed by atoms with van der Waals surface area (Å²) in [4.78, 5) is 36.9. The number of hydrogen-bond acceptors (Lipinski definition) is 7. The molecule has 28 heavy (non-hydrogen) atoms. The number of carbonyl (C=O) groups is 3. The second-order valence-electron chi connectivity index (χ2n) is 6.19. The summed E-state index contributed by atoms with van der Waals surface area (Å²) in [6.45, 7) is 8.78. The van der Waals surface area contributed by atoms with Crippen molar-refractivity contribution < 1.29 is 28.6 Å². The van der Waals surface area contributed by atoms with Crippen LogP contribution in [0, 0.1) is 5.41 Å². The molecule has 1 rings (SSSR count). The van der Waals surface area contributed by atoms with E-state index in [0.717, 1.165) is 12.2 Å². The van der Waals surface area contributed by atoms with Gasteiger partial charge in [0.15, 0.2) is 0 Å². The Balaban J connectivity index is 2.62. The Bertz CT molecular complexity index is 622. The van der Waals surface area contributed by atoms with Crippen LogP contribution in [0.1, 0.15) is 19.8 Å². The molecular formula is C21H27NO6. The van der Waals surface area contributed by atoms with Gasteiger partial charge in [-0.1, -0.05) is 32.2 Å². The Labute approximate surface area is 165 Å². The zero-order valence-corrected chi connectivity index (χ0v) is 16.2. The lowest BCUT2D eigenvalue weighted by molar-refractivity contribution is -0.158. The predicted molar refractivity (Wildman–Crippen MR) is 105 cm³/mol. The number of nitrogens with zero attached hydrogens (tertiary/aromatic N) is 1. The molecule has 7 nitrogen and oxygen atoms in total. The van der Waals surface area contributed by atoms with E-state index in [1.54, 1.807) is 0 Å². The molecular weight excluding hydrogens is 362 g/mol. The van der Waals surface area contributed by atoms with Crippen LogP contribution in [-0.4, -0.2) is 49.2 Å². The summed E-state index contributed by atoms with van der Waals surface area (Å²) in [5, 5.41) is 0. The first-order valence-electron chi connectivity index (χ1n) is 8.96. The van der Waals surface area contributed by atoms with E-state index >= 15 is 0 Å². The van der Waals surface area contributed by atoms with Gasteiger partial charge >= 0.3 is 17.9 Å². The molecule has 1 aliphatic heterocycles. The molecule has 0 atom stereocenters. The van der Waals surface area contributed by atoms with E-state index in [1.807, 2.05) is 48.5 Å².